The fraction of sp³-hybridized carbons (Fsp3) is 0.688. The first-order chi connectivity index (χ1) is 10.2. The lowest BCUT2D eigenvalue weighted by atomic mass is 10.1. The Bertz CT molecular complexity index is 465. The van der Waals surface area contributed by atoms with E-state index in [2.05, 4.69) is 29.0 Å². The first-order valence-electron chi connectivity index (χ1n) is 7.69. The highest BCUT2D eigenvalue weighted by atomic mass is 16.5. The van der Waals surface area contributed by atoms with E-state index in [1.807, 2.05) is 13.1 Å². The van der Waals surface area contributed by atoms with Crippen LogP contribution in [0.15, 0.2) is 6.20 Å². The average Bonchev–Trinajstić information content (AvgIpc) is 2.50. The van der Waals surface area contributed by atoms with Crippen LogP contribution in [0.5, 0.6) is 5.75 Å². The van der Waals surface area contributed by atoms with Gasteiger partial charge in [0.1, 0.15) is 5.75 Å². The van der Waals surface area contributed by atoms with E-state index in [0.29, 0.717) is 0 Å². The van der Waals surface area contributed by atoms with Gasteiger partial charge < -0.3 is 14.8 Å². The van der Waals surface area contributed by atoms with Crippen LogP contribution in [0.1, 0.15) is 23.7 Å². The van der Waals surface area contributed by atoms with Gasteiger partial charge in [0.25, 0.3) is 0 Å². The van der Waals surface area contributed by atoms with E-state index < -0.39 is 0 Å². The van der Waals surface area contributed by atoms with Crippen LogP contribution in [-0.4, -0.2) is 55.9 Å². The van der Waals surface area contributed by atoms with Crippen LogP contribution in [0.3, 0.4) is 0 Å². The molecule has 0 aromatic carbocycles. The maximum Gasteiger partial charge on any atom is 0.128 e. The van der Waals surface area contributed by atoms with Crippen molar-refractivity contribution in [1.82, 2.24) is 15.2 Å². The molecule has 1 aromatic rings. The lowest BCUT2D eigenvalue weighted by molar-refractivity contribution is -0.0254. The summed E-state index contributed by atoms with van der Waals surface area (Å²) in [5.74, 6) is 0.938. The number of nitrogens with one attached hydrogen (secondary N) is 1. The quantitative estimate of drug-likeness (QED) is 0.861. The summed E-state index contributed by atoms with van der Waals surface area (Å²) >= 11 is 0. The van der Waals surface area contributed by atoms with Crippen molar-refractivity contribution in [3.8, 4) is 5.75 Å². The van der Waals surface area contributed by atoms with Crippen molar-refractivity contribution < 1.29 is 9.47 Å². The lowest BCUT2D eigenvalue weighted by Crippen LogP contribution is -2.46. The van der Waals surface area contributed by atoms with E-state index in [1.165, 1.54) is 0 Å². The molecule has 1 aliphatic heterocycles. The SMILES string of the molecule is CCN1CCOC(CNCc2ncc(C)c(OC)c2C)C1. The molecule has 1 N–H and O–H groups in total. The predicted molar refractivity (Wildman–Crippen MR) is 83.8 cm³/mol. The summed E-state index contributed by atoms with van der Waals surface area (Å²) < 4.78 is 11.2. The number of nitrogens with zero attached hydrogens (tertiary/aromatic N) is 2. The summed E-state index contributed by atoms with van der Waals surface area (Å²) in [6, 6.07) is 0. The molecule has 0 bridgehead atoms. The third-order valence-corrected chi connectivity index (χ3v) is 4.08. The van der Waals surface area contributed by atoms with Crippen molar-refractivity contribution in [3.05, 3.63) is 23.0 Å². The third-order valence-electron chi connectivity index (χ3n) is 4.08. The van der Waals surface area contributed by atoms with Crippen molar-refractivity contribution in [2.45, 2.75) is 33.4 Å². The fourth-order valence-electron chi connectivity index (χ4n) is 2.79. The number of aryl methyl sites for hydroxylation is 1. The van der Waals surface area contributed by atoms with Gasteiger partial charge in [0.2, 0.25) is 0 Å². The van der Waals surface area contributed by atoms with E-state index in [1.54, 1.807) is 7.11 Å². The Balaban J connectivity index is 1.86. The zero-order chi connectivity index (χ0) is 15.2. The molecule has 1 aromatic heterocycles. The van der Waals surface area contributed by atoms with Crippen molar-refractivity contribution >= 4 is 0 Å². The Morgan fingerprint density at radius 1 is 1.48 bits per heavy atom. The summed E-state index contributed by atoms with van der Waals surface area (Å²) in [5.41, 5.74) is 3.23. The monoisotopic (exact) mass is 293 g/mol. The van der Waals surface area contributed by atoms with E-state index in [9.17, 15) is 0 Å². The minimum Gasteiger partial charge on any atom is -0.496 e. The molecule has 118 valence electrons. The Morgan fingerprint density at radius 3 is 3.00 bits per heavy atom. The number of methoxy groups -OCH3 is 1. The number of pyridine rings is 1. The van der Waals surface area contributed by atoms with Crippen LogP contribution in [0, 0.1) is 13.8 Å². The maximum absolute atomic E-state index is 5.79. The van der Waals surface area contributed by atoms with Gasteiger partial charge in [0, 0.05) is 43.5 Å². The van der Waals surface area contributed by atoms with E-state index in [0.717, 1.165) is 61.9 Å². The van der Waals surface area contributed by atoms with E-state index in [-0.39, 0.29) is 6.10 Å². The summed E-state index contributed by atoms with van der Waals surface area (Å²) in [6.45, 7) is 11.8. The van der Waals surface area contributed by atoms with Gasteiger partial charge in [0.15, 0.2) is 0 Å². The first kappa shape index (κ1) is 16.2. The van der Waals surface area contributed by atoms with Crippen molar-refractivity contribution in [2.24, 2.45) is 0 Å². The number of hydrogen-bond acceptors (Lipinski definition) is 5. The fourth-order valence-corrected chi connectivity index (χ4v) is 2.79. The molecule has 2 rings (SSSR count). The molecule has 1 aliphatic rings. The number of hydrogen-bond donors (Lipinski definition) is 1. The van der Waals surface area contributed by atoms with Crippen LogP contribution < -0.4 is 10.1 Å². The summed E-state index contributed by atoms with van der Waals surface area (Å²) in [4.78, 5) is 6.93. The van der Waals surface area contributed by atoms with Crippen molar-refractivity contribution in [1.29, 1.82) is 0 Å². The highest BCUT2D eigenvalue weighted by Crippen LogP contribution is 2.23. The Hall–Kier alpha value is -1.17. The van der Waals surface area contributed by atoms with Gasteiger partial charge in [-0.25, -0.2) is 0 Å². The number of ether oxygens (including phenoxy) is 2. The van der Waals surface area contributed by atoms with Gasteiger partial charge in [-0.1, -0.05) is 6.92 Å². The molecule has 1 fully saturated rings. The van der Waals surface area contributed by atoms with Crippen LogP contribution in [0.25, 0.3) is 0 Å². The van der Waals surface area contributed by atoms with Gasteiger partial charge in [-0.2, -0.15) is 0 Å². The van der Waals surface area contributed by atoms with Crippen molar-refractivity contribution in [3.63, 3.8) is 0 Å². The van der Waals surface area contributed by atoms with Gasteiger partial charge >= 0.3 is 0 Å². The molecule has 0 amide bonds. The molecule has 1 atom stereocenters. The van der Waals surface area contributed by atoms with Crippen LogP contribution in [-0.2, 0) is 11.3 Å². The minimum atomic E-state index is 0.270. The highest BCUT2D eigenvalue weighted by Gasteiger charge is 2.19. The van der Waals surface area contributed by atoms with Crippen LogP contribution >= 0.6 is 0 Å². The van der Waals surface area contributed by atoms with E-state index in [4.69, 9.17) is 9.47 Å². The number of aromatic nitrogens is 1. The zero-order valence-corrected chi connectivity index (χ0v) is 13.6. The highest BCUT2D eigenvalue weighted by molar-refractivity contribution is 5.40. The second kappa shape index (κ2) is 7.73. The summed E-state index contributed by atoms with van der Waals surface area (Å²) in [7, 11) is 1.71. The Labute approximate surface area is 127 Å². The smallest absolute Gasteiger partial charge is 0.128 e. The molecule has 2 heterocycles. The first-order valence-corrected chi connectivity index (χ1v) is 7.69. The average molecular weight is 293 g/mol. The zero-order valence-electron chi connectivity index (χ0n) is 13.6. The maximum atomic E-state index is 5.79. The normalized spacial score (nSPS) is 19.7. The van der Waals surface area contributed by atoms with Gasteiger partial charge in [-0.15, -0.1) is 0 Å². The molecule has 0 radical (unpaired) electrons. The topological polar surface area (TPSA) is 46.6 Å². The van der Waals surface area contributed by atoms with Gasteiger partial charge in [-0.3, -0.25) is 9.88 Å². The second-order valence-electron chi connectivity index (χ2n) is 5.56. The van der Waals surface area contributed by atoms with E-state index >= 15 is 0 Å². The Morgan fingerprint density at radius 2 is 2.29 bits per heavy atom. The third kappa shape index (κ3) is 4.15. The summed E-state index contributed by atoms with van der Waals surface area (Å²) in [5, 5.41) is 3.46. The number of likely N-dealkylation sites (N-methyl/N-ethyl adjacent to an activating group) is 1. The molecule has 0 aliphatic carbocycles. The predicted octanol–water partition coefficient (Wildman–Crippen LogP) is 1.52. The minimum absolute atomic E-state index is 0.270. The number of morpholine rings is 1. The molecular weight excluding hydrogens is 266 g/mol. The molecule has 1 saturated heterocycles. The molecule has 1 unspecified atom stereocenters. The molecule has 5 heteroatoms. The van der Waals surface area contributed by atoms with Gasteiger partial charge in [0.05, 0.1) is 25.5 Å². The van der Waals surface area contributed by atoms with Crippen LogP contribution in [0.2, 0.25) is 0 Å². The van der Waals surface area contributed by atoms with Gasteiger partial charge in [-0.05, 0) is 20.4 Å². The molecule has 0 spiro atoms. The molecular formula is C16H27N3O2. The van der Waals surface area contributed by atoms with Crippen LogP contribution in [0.4, 0.5) is 0 Å². The number of rotatable bonds is 6. The molecule has 21 heavy (non-hydrogen) atoms. The molecule has 0 saturated carbocycles. The standard InChI is InChI=1S/C16H27N3O2/c1-5-19-6-7-21-14(11-19)9-17-10-15-13(3)16(20-4)12(2)8-18-15/h8,14,17H,5-7,9-11H2,1-4H3. The lowest BCUT2D eigenvalue weighted by Gasteiger charge is -2.32. The Kier molecular flexibility index (Phi) is 5.96. The van der Waals surface area contributed by atoms with Crippen molar-refractivity contribution in [2.75, 3.05) is 39.9 Å². The second-order valence-corrected chi connectivity index (χ2v) is 5.56. The largest absolute Gasteiger partial charge is 0.496 e. The summed E-state index contributed by atoms with van der Waals surface area (Å²) in [6.07, 6.45) is 2.14. The molecule has 5 nitrogen and oxygen atoms in total.